The van der Waals surface area contributed by atoms with Crippen molar-refractivity contribution in [1.29, 1.82) is 0 Å². The standard InChI is InChI=1S/C22H22ClN5O2/c23-19-5-3-16(4-6-19)21-25-13-18(14-26-21)22(29)27-15-20(17-2-1-7-24-12-17)28-8-10-30-11-9-28/h1-7,12-14,20H,8-11,15H2,(H,27,29)/t20-/m0/s1. The molecule has 3 aromatic rings. The van der Waals surface area contributed by atoms with E-state index in [1.807, 2.05) is 30.5 Å². The number of hydrogen-bond donors (Lipinski definition) is 1. The average molecular weight is 424 g/mol. The first-order valence-corrected chi connectivity index (χ1v) is 10.2. The lowest BCUT2D eigenvalue weighted by molar-refractivity contribution is 0.0161. The zero-order valence-electron chi connectivity index (χ0n) is 16.4. The van der Waals surface area contributed by atoms with Gasteiger partial charge in [-0.25, -0.2) is 9.97 Å². The zero-order valence-corrected chi connectivity index (χ0v) is 17.1. The maximum atomic E-state index is 12.7. The lowest BCUT2D eigenvalue weighted by atomic mass is 10.1. The Bertz CT molecular complexity index is 961. The third kappa shape index (κ3) is 4.99. The summed E-state index contributed by atoms with van der Waals surface area (Å²) in [6.45, 7) is 3.46. The number of benzene rings is 1. The molecule has 2 aromatic heterocycles. The van der Waals surface area contributed by atoms with Crippen LogP contribution in [0.2, 0.25) is 5.02 Å². The summed E-state index contributed by atoms with van der Waals surface area (Å²) >= 11 is 5.92. The summed E-state index contributed by atoms with van der Waals surface area (Å²) in [5.74, 6) is 0.338. The first-order valence-electron chi connectivity index (χ1n) is 9.78. The van der Waals surface area contributed by atoms with Crippen molar-refractivity contribution in [3.05, 3.63) is 77.3 Å². The van der Waals surface area contributed by atoms with E-state index in [9.17, 15) is 4.79 Å². The van der Waals surface area contributed by atoms with Gasteiger partial charge in [0.15, 0.2) is 5.82 Å². The molecule has 30 heavy (non-hydrogen) atoms. The van der Waals surface area contributed by atoms with Crippen molar-refractivity contribution in [1.82, 2.24) is 25.2 Å². The lowest BCUT2D eigenvalue weighted by Gasteiger charge is -2.34. The first-order chi connectivity index (χ1) is 14.7. The highest BCUT2D eigenvalue weighted by Crippen LogP contribution is 2.21. The SMILES string of the molecule is O=C(NC[C@@H](c1cccnc1)N1CCOCC1)c1cnc(-c2ccc(Cl)cc2)nc1. The number of aromatic nitrogens is 3. The van der Waals surface area contributed by atoms with Gasteiger partial charge in [-0.15, -0.1) is 0 Å². The monoisotopic (exact) mass is 423 g/mol. The van der Waals surface area contributed by atoms with Crippen molar-refractivity contribution in [3.63, 3.8) is 0 Å². The third-order valence-electron chi connectivity index (χ3n) is 5.03. The van der Waals surface area contributed by atoms with Crippen LogP contribution in [0, 0.1) is 0 Å². The van der Waals surface area contributed by atoms with E-state index < -0.39 is 0 Å². The number of hydrogen-bond acceptors (Lipinski definition) is 6. The van der Waals surface area contributed by atoms with Gasteiger partial charge < -0.3 is 10.1 Å². The van der Waals surface area contributed by atoms with Gasteiger partial charge in [-0.05, 0) is 35.9 Å². The van der Waals surface area contributed by atoms with E-state index in [0.717, 1.165) is 24.2 Å². The number of nitrogens with zero attached hydrogens (tertiary/aromatic N) is 4. The second-order valence-electron chi connectivity index (χ2n) is 6.96. The van der Waals surface area contributed by atoms with Gasteiger partial charge in [0.05, 0.1) is 24.8 Å². The molecule has 1 aromatic carbocycles. The molecule has 8 heteroatoms. The summed E-state index contributed by atoms with van der Waals surface area (Å²) < 4.78 is 5.47. The topological polar surface area (TPSA) is 80.2 Å². The number of carbonyl (C=O) groups excluding carboxylic acids is 1. The van der Waals surface area contributed by atoms with Crippen molar-refractivity contribution in [2.75, 3.05) is 32.8 Å². The summed E-state index contributed by atoms with van der Waals surface area (Å²) in [5.41, 5.74) is 2.32. The number of carbonyl (C=O) groups is 1. The van der Waals surface area contributed by atoms with E-state index in [-0.39, 0.29) is 11.9 Å². The molecule has 0 saturated carbocycles. The van der Waals surface area contributed by atoms with Crippen LogP contribution in [-0.4, -0.2) is 58.6 Å². The minimum atomic E-state index is -0.209. The van der Waals surface area contributed by atoms with Gasteiger partial charge in [0, 0.05) is 55.0 Å². The van der Waals surface area contributed by atoms with Crippen molar-refractivity contribution in [3.8, 4) is 11.4 Å². The summed E-state index contributed by atoms with van der Waals surface area (Å²) in [5, 5.41) is 3.67. The summed E-state index contributed by atoms with van der Waals surface area (Å²) in [4.78, 5) is 27.9. The molecule has 0 unspecified atom stereocenters. The molecule has 3 heterocycles. The highest BCUT2D eigenvalue weighted by Gasteiger charge is 2.23. The van der Waals surface area contributed by atoms with Crippen LogP contribution in [0.3, 0.4) is 0 Å². The van der Waals surface area contributed by atoms with Crippen molar-refractivity contribution in [2.24, 2.45) is 0 Å². The molecule has 1 aliphatic rings. The van der Waals surface area contributed by atoms with Gasteiger partial charge in [0.2, 0.25) is 0 Å². The smallest absolute Gasteiger partial charge is 0.254 e. The first kappa shape index (κ1) is 20.4. The van der Waals surface area contributed by atoms with Gasteiger partial charge >= 0.3 is 0 Å². The fourth-order valence-electron chi connectivity index (χ4n) is 3.40. The number of ether oxygens (including phenoxy) is 1. The Morgan fingerprint density at radius 1 is 1.10 bits per heavy atom. The number of nitrogens with one attached hydrogen (secondary N) is 1. The van der Waals surface area contributed by atoms with Crippen molar-refractivity contribution < 1.29 is 9.53 Å². The lowest BCUT2D eigenvalue weighted by Crippen LogP contribution is -2.43. The molecule has 0 bridgehead atoms. The van der Waals surface area contributed by atoms with E-state index in [1.165, 1.54) is 0 Å². The van der Waals surface area contributed by atoms with Gasteiger partial charge in [-0.1, -0.05) is 17.7 Å². The number of halogens is 1. The minimum absolute atomic E-state index is 0.0285. The molecule has 1 aliphatic heterocycles. The highest BCUT2D eigenvalue weighted by molar-refractivity contribution is 6.30. The molecule has 0 radical (unpaired) electrons. The van der Waals surface area contributed by atoms with E-state index >= 15 is 0 Å². The van der Waals surface area contributed by atoms with Crippen LogP contribution < -0.4 is 5.32 Å². The molecule has 4 rings (SSSR count). The predicted octanol–water partition coefficient (Wildman–Crippen LogP) is 3.00. The summed E-state index contributed by atoms with van der Waals surface area (Å²) in [6, 6.07) is 11.2. The molecule has 154 valence electrons. The summed E-state index contributed by atoms with van der Waals surface area (Å²) in [7, 11) is 0. The van der Waals surface area contributed by atoms with E-state index in [1.54, 1.807) is 30.7 Å². The molecule has 1 saturated heterocycles. The fraction of sp³-hybridized carbons (Fsp3) is 0.273. The fourth-order valence-corrected chi connectivity index (χ4v) is 3.53. The molecule has 1 atom stereocenters. The maximum Gasteiger partial charge on any atom is 0.254 e. The van der Waals surface area contributed by atoms with E-state index in [2.05, 4.69) is 25.2 Å². The molecule has 0 aliphatic carbocycles. The van der Waals surface area contributed by atoms with Crippen LogP contribution in [-0.2, 0) is 4.74 Å². The van der Waals surface area contributed by atoms with Gasteiger partial charge in [-0.3, -0.25) is 14.7 Å². The second-order valence-corrected chi connectivity index (χ2v) is 7.40. The number of pyridine rings is 1. The highest BCUT2D eigenvalue weighted by atomic mass is 35.5. The molecular formula is C22H22ClN5O2. The molecule has 0 spiro atoms. The molecule has 7 nitrogen and oxygen atoms in total. The van der Waals surface area contributed by atoms with Gasteiger partial charge in [0.1, 0.15) is 0 Å². The van der Waals surface area contributed by atoms with Gasteiger partial charge in [0.25, 0.3) is 5.91 Å². The van der Waals surface area contributed by atoms with E-state index in [4.69, 9.17) is 16.3 Å². The Labute approximate surface area is 180 Å². The number of morpholine rings is 1. The number of amides is 1. The van der Waals surface area contributed by atoms with Crippen LogP contribution in [0.4, 0.5) is 0 Å². The van der Waals surface area contributed by atoms with Crippen LogP contribution in [0.1, 0.15) is 22.0 Å². The average Bonchev–Trinajstić information content (AvgIpc) is 2.81. The third-order valence-corrected chi connectivity index (χ3v) is 5.28. The van der Waals surface area contributed by atoms with Crippen LogP contribution in [0.5, 0.6) is 0 Å². The van der Waals surface area contributed by atoms with Crippen LogP contribution >= 0.6 is 11.6 Å². The molecule has 1 N–H and O–H groups in total. The Balaban J connectivity index is 1.43. The zero-order chi connectivity index (χ0) is 20.8. The quantitative estimate of drug-likeness (QED) is 0.656. The summed E-state index contributed by atoms with van der Waals surface area (Å²) in [6.07, 6.45) is 6.68. The second kappa shape index (κ2) is 9.75. The normalized spacial score (nSPS) is 15.5. The molecular weight excluding hydrogens is 402 g/mol. The predicted molar refractivity (Wildman–Crippen MR) is 114 cm³/mol. The van der Waals surface area contributed by atoms with E-state index in [0.29, 0.717) is 36.2 Å². The van der Waals surface area contributed by atoms with Crippen molar-refractivity contribution >= 4 is 17.5 Å². The largest absolute Gasteiger partial charge is 0.379 e. The van der Waals surface area contributed by atoms with Crippen molar-refractivity contribution in [2.45, 2.75) is 6.04 Å². The van der Waals surface area contributed by atoms with Gasteiger partial charge in [-0.2, -0.15) is 0 Å². The Kier molecular flexibility index (Phi) is 6.63. The molecule has 1 fully saturated rings. The van der Waals surface area contributed by atoms with Crippen LogP contribution in [0.25, 0.3) is 11.4 Å². The Morgan fingerprint density at radius 2 is 1.83 bits per heavy atom. The number of rotatable bonds is 6. The Hall–Kier alpha value is -2.87. The molecule has 1 amide bonds. The minimum Gasteiger partial charge on any atom is -0.379 e. The van der Waals surface area contributed by atoms with Crippen LogP contribution in [0.15, 0.2) is 61.2 Å². The maximum absolute atomic E-state index is 12.7. The Morgan fingerprint density at radius 3 is 2.50 bits per heavy atom.